The van der Waals surface area contributed by atoms with Crippen LogP contribution in [0.25, 0.3) is 0 Å². The number of nitrogens with zero attached hydrogens (tertiary/aromatic N) is 2. The number of nitrogens with two attached hydrogens (primary N) is 1. The van der Waals surface area contributed by atoms with Crippen LogP contribution in [0.5, 0.6) is 0 Å². The van der Waals surface area contributed by atoms with Gasteiger partial charge in [0.1, 0.15) is 12.1 Å². The van der Waals surface area contributed by atoms with Gasteiger partial charge < -0.3 is 30.9 Å². The molecule has 2 saturated heterocycles. The zero-order valence-corrected chi connectivity index (χ0v) is 13.4. The molecule has 10 nitrogen and oxygen atoms in total. The minimum absolute atomic E-state index is 0.00302. The SMILES string of the molecule is CC(=O)O.NCC(=O)N1CCCC1C(=O)N1CC(O)CC1C(=O)O. The molecular weight excluding hydrogens is 322 g/mol. The van der Waals surface area contributed by atoms with Crippen LogP contribution < -0.4 is 5.73 Å². The number of hydrogen-bond acceptors (Lipinski definition) is 6. The summed E-state index contributed by atoms with van der Waals surface area (Å²) in [4.78, 5) is 46.9. The lowest BCUT2D eigenvalue weighted by Gasteiger charge is -2.29. The first-order valence-corrected chi connectivity index (χ1v) is 7.59. The third-order valence-electron chi connectivity index (χ3n) is 3.88. The predicted octanol–water partition coefficient (Wildman–Crippen LogP) is -1.93. The molecule has 136 valence electrons. The summed E-state index contributed by atoms with van der Waals surface area (Å²) >= 11 is 0. The summed E-state index contributed by atoms with van der Waals surface area (Å²) in [6, 6.07) is -1.67. The van der Waals surface area contributed by atoms with E-state index >= 15 is 0 Å². The van der Waals surface area contributed by atoms with Crippen molar-refractivity contribution in [2.24, 2.45) is 5.73 Å². The van der Waals surface area contributed by atoms with Gasteiger partial charge in [-0.3, -0.25) is 14.4 Å². The zero-order chi connectivity index (χ0) is 18.4. The Kier molecular flexibility index (Phi) is 7.11. The van der Waals surface area contributed by atoms with Gasteiger partial charge >= 0.3 is 5.97 Å². The molecule has 0 aromatic carbocycles. The fourth-order valence-corrected chi connectivity index (χ4v) is 2.92. The van der Waals surface area contributed by atoms with E-state index in [1.807, 2.05) is 0 Å². The summed E-state index contributed by atoms with van der Waals surface area (Å²) in [6.45, 7) is 1.37. The van der Waals surface area contributed by atoms with Crippen LogP contribution in [-0.2, 0) is 19.2 Å². The van der Waals surface area contributed by atoms with Gasteiger partial charge in [-0.25, -0.2) is 4.79 Å². The third kappa shape index (κ3) is 4.90. The van der Waals surface area contributed by atoms with Crippen molar-refractivity contribution < 1.29 is 34.5 Å². The van der Waals surface area contributed by atoms with Crippen LogP contribution in [0.15, 0.2) is 0 Å². The van der Waals surface area contributed by atoms with Gasteiger partial charge in [-0.15, -0.1) is 0 Å². The number of amides is 2. The normalized spacial score (nSPS) is 25.9. The molecule has 3 unspecified atom stereocenters. The Bertz CT molecular complexity index is 507. The highest BCUT2D eigenvalue weighted by Crippen LogP contribution is 2.25. The monoisotopic (exact) mass is 345 g/mol. The quantitative estimate of drug-likeness (QED) is 0.460. The Hall–Kier alpha value is -2.20. The Balaban J connectivity index is 0.000000648. The lowest BCUT2D eigenvalue weighted by Crippen LogP contribution is -2.52. The first-order valence-electron chi connectivity index (χ1n) is 7.59. The van der Waals surface area contributed by atoms with Gasteiger partial charge in [0.15, 0.2) is 0 Å². The van der Waals surface area contributed by atoms with Gasteiger partial charge in [0.2, 0.25) is 11.8 Å². The van der Waals surface area contributed by atoms with E-state index in [-0.39, 0.29) is 25.4 Å². The molecule has 0 spiro atoms. The zero-order valence-electron chi connectivity index (χ0n) is 13.4. The summed E-state index contributed by atoms with van der Waals surface area (Å²) in [7, 11) is 0. The summed E-state index contributed by atoms with van der Waals surface area (Å²) in [6.07, 6.45) is 0.387. The van der Waals surface area contributed by atoms with Crippen molar-refractivity contribution in [3.05, 3.63) is 0 Å². The van der Waals surface area contributed by atoms with Crippen LogP contribution in [0, 0.1) is 0 Å². The van der Waals surface area contributed by atoms with Crippen LogP contribution in [0.4, 0.5) is 0 Å². The van der Waals surface area contributed by atoms with Crippen molar-refractivity contribution in [3.8, 4) is 0 Å². The van der Waals surface area contributed by atoms with Crippen LogP contribution in [0.3, 0.4) is 0 Å². The van der Waals surface area contributed by atoms with Crippen molar-refractivity contribution in [1.29, 1.82) is 0 Å². The van der Waals surface area contributed by atoms with Crippen LogP contribution >= 0.6 is 0 Å². The smallest absolute Gasteiger partial charge is 0.326 e. The standard InChI is InChI=1S/C12H19N3O5.C2H4O2/c13-5-10(17)14-3-1-2-8(14)11(18)15-6-7(16)4-9(15)12(19)20;1-2(3)4/h7-9,16H,1-6,13H2,(H,19,20);1H3,(H,3,4). The second-order valence-corrected chi connectivity index (χ2v) is 5.70. The van der Waals surface area contributed by atoms with Gasteiger partial charge in [0.25, 0.3) is 5.97 Å². The molecule has 2 aliphatic rings. The molecule has 5 N–H and O–H groups in total. The maximum Gasteiger partial charge on any atom is 0.326 e. The van der Waals surface area contributed by atoms with E-state index in [1.165, 1.54) is 9.80 Å². The first-order chi connectivity index (χ1) is 11.2. The molecule has 0 saturated carbocycles. The predicted molar refractivity (Wildman–Crippen MR) is 80.9 cm³/mol. The highest BCUT2D eigenvalue weighted by Gasteiger charge is 2.44. The van der Waals surface area contributed by atoms with Crippen LogP contribution in [0.2, 0.25) is 0 Å². The number of carboxylic acids is 2. The number of aliphatic hydroxyl groups excluding tert-OH is 1. The summed E-state index contributed by atoms with van der Waals surface area (Å²) in [5.74, 6) is -2.69. The van der Waals surface area contributed by atoms with Crippen molar-refractivity contribution >= 4 is 23.8 Å². The molecular formula is C14H23N3O7. The Morgan fingerprint density at radius 2 is 1.71 bits per heavy atom. The lowest BCUT2D eigenvalue weighted by molar-refractivity contribution is -0.151. The molecule has 2 amide bonds. The molecule has 3 atom stereocenters. The number of β-amino-alcohol motifs (C(OH)–C–C–N with tert-alkyl or cyclic N) is 1. The third-order valence-corrected chi connectivity index (χ3v) is 3.88. The first kappa shape index (κ1) is 19.8. The van der Waals surface area contributed by atoms with Crippen molar-refractivity contribution in [2.45, 2.75) is 44.4 Å². The molecule has 0 aliphatic carbocycles. The number of carbonyl (C=O) groups is 4. The maximum atomic E-state index is 12.5. The van der Waals surface area contributed by atoms with Gasteiger partial charge in [-0.2, -0.15) is 0 Å². The Labute approximate surface area is 138 Å². The van der Waals surface area contributed by atoms with Gasteiger partial charge in [-0.05, 0) is 12.8 Å². The number of likely N-dealkylation sites (tertiary alicyclic amines) is 2. The highest BCUT2D eigenvalue weighted by molar-refractivity contribution is 5.91. The van der Waals surface area contributed by atoms with E-state index in [0.29, 0.717) is 19.4 Å². The van der Waals surface area contributed by atoms with E-state index in [0.717, 1.165) is 6.92 Å². The lowest BCUT2D eigenvalue weighted by atomic mass is 10.1. The minimum atomic E-state index is -1.13. The van der Waals surface area contributed by atoms with Gasteiger partial charge in [0.05, 0.1) is 12.6 Å². The molecule has 0 aromatic rings. The number of rotatable bonds is 3. The van der Waals surface area contributed by atoms with Crippen LogP contribution in [0.1, 0.15) is 26.2 Å². The number of carbonyl (C=O) groups excluding carboxylic acids is 2. The molecule has 2 heterocycles. The van der Waals surface area contributed by atoms with E-state index in [2.05, 4.69) is 0 Å². The Morgan fingerprint density at radius 1 is 1.12 bits per heavy atom. The number of hydrogen-bond donors (Lipinski definition) is 4. The minimum Gasteiger partial charge on any atom is -0.481 e. The molecule has 2 rings (SSSR count). The van der Waals surface area contributed by atoms with E-state index in [4.69, 9.17) is 20.7 Å². The van der Waals surface area contributed by atoms with Crippen LogP contribution in [-0.4, -0.2) is 86.7 Å². The average molecular weight is 345 g/mol. The van der Waals surface area contributed by atoms with Gasteiger partial charge in [-0.1, -0.05) is 0 Å². The van der Waals surface area contributed by atoms with E-state index < -0.39 is 36.0 Å². The van der Waals surface area contributed by atoms with Crippen molar-refractivity contribution in [1.82, 2.24) is 9.80 Å². The second kappa shape index (κ2) is 8.60. The number of aliphatic hydroxyl groups is 1. The summed E-state index contributed by atoms with van der Waals surface area (Å²) in [5, 5.41) is 26.1. The number of aliphatic carboxylic acids is 2. The van der Waals surface area contributed by atoms with E-state index in [1.54, 1.807) is 0 Å². The summed E-state index contributed by atoms with van der Waals surface area (Å²) in [5.41, 5.74) is 5.32. The molecule has 0 aromatic heterocycles. The van der Waals surface area contributed by atoms with Crippen molar-refractivity contribution in [3.63, 3.8) is 0 Å². The topological polar surface area (TPSA) is 161 Å². The second-order valence-electron chi connectivity index (χ2n) is 5.70. The molecule has 2 aliphatic heterocycles. The average Bonchev–Trinajstić information content (AvgIpc) is 3.11. The molecule has 0 radical (unpaired) electrons. The highest BCUT2D eigenvalue weighted by atomic mass is 16.4. The van der Waals surface area contributed by atoms with Gasteiger partial charge in [0, 0.05) is 26.4 Å². The number of carboxylic acid groups (broad SMARTS) is 2. The summed E-state index contributed by atoms with van der Waals surface area (Å²) < 4.78 is 0. The molecule has 2 fully saturated rings. The van der Waals surface area contributed by atoms with Crippen molar-refractivity contribution in [2.75, 3.05) is 19.6 Å². The fraction of sp³-hybridized carbons (Fsp3) is 0.714. The largest absolute Gasteiger partial charge is 0.481 e. The maximum absolute atomic E-state index is 12.5. The fourth-order valence-electron chi connectivity index (χ4n) is 2.92. The molecule has 10 heteroatoms. The van der Waals surface area contributed by atoms with E-state index in [9.17, 15) is 19.5 Å². The Morgan fingerprint density at radius 3 is 2.21 bits per heavy atom. The molecule has 0 bridgehead atoms. The molecule has 24 heavy (non-hydrogen) atoms.